The van der Waals surface area contributed by atoms with Crippen molar-refractivity contribution in [3.63, 3.8) is 0 Å². The number of halogens is 1. The maximum atomic E-state index is 15.7. The molecule has 3 atom stereocenters. The number of pyridine rings is 1. The first-order valence-electron chi connectivity index (χ1n) is 21.8. The Labute approximate surface area is 369 Å². The van der Waals surface area contributed by atoms with Crippen LogP contribution < -0.4 is 20.9 Å². The van der Waals surface area contributed by atoms with Crippen molar-refractivity contribution in [1.82, 2.24) is 35.0 Å². The lowest BCUT2D eigenvalue weighted by molar-refractivity contribution is -0.136. The molecule has 5 fully saturated rings. The number of hydrogen-bond donors (Lipinski definition) is 3. The van der Waals surface area contributed by atoms with Gasteiger partial charge in [0.25, 0.3) is 17.7 Å². The molecule has 3 unspecified atom stereocenters. The molecule has 5 saturated heterocycles. The van der Waals surface area contributed by atoms with Crippen LogP contribution in [0.1, 0.15) is 74.3 Å². The van der Waals surface area contributed by atoms with Gasteiger partial charge in [0.2, 0.25) is 17.8 Å². The van der Waals surface area contributed by atoms with Gasteiger partial charge in [0, 0.05) is 85.8 Å². The number of likely N-dealkylation sites (tertiary alicyclic amines) is 1. The highest BCUT2D eigenvalue weighted by Crippen LogP contribution is 2.41. The first-order valence-corrected chi connectivity index (χ1v) is 21.8. The zero-order chi connectivity index (χ0) is 44.1. The maximum Gasteiger partial charge on any atom is 0.262 e. The van der Waals surface area contributed by atoms with Gasteiger partial charge in [-0.1, -0.05) is 18.2 Å². The monoisotopic (exact) mass is 862 g/mol. The molecule has 16 heteroatoms. The zero-order valence-corrected chi connectivity index (χ0v) is 35.3. The van der Waals surface area contributed by atoms with Crippen LogP contribution in [0.3, 0.4) is 0 Å². The Morgan fingerprint density at radius 1 is 0.875 bits per heavy atom. The molecule has 3 aromatic carbocycles. The Hall–Kier alpha value is -6.91. The number of benzene rings is 3. The van der Waals surface area contributed by atoms with Crippen LogP contribution in [0.4, 0.5) is 27.4 Å². The molecular formula is C48H47FN10O5. The third-order valence-corrected chi connectivity index (χ3v) is 13.3. The van der Waals surface area contributed by atoms with Crippen LogP contribution >= 0.6 is 0 Å². The van der Waals surface area contributed by atoms with Gasteiger partial charge in [-0.15, -0.1) is 0 Å². The van der Waals surface area contributed by atoms with Crippen molar-refractivity contribution in [3.8, 4) is 11.3 Å². The van der Waals surface area contributed by atoms with Gasteiger partial charge in [0.15, 0.2) is 0 Å². The predicted octanol–water partition coefficient (Wildman–Crippen LogP) is 5.56. The lowest BCUT2D eigenvalue weighted by atomic mass is 9.85. The summed E-state index contributed by atoms with van der Waals surface area (Å²) >= 11 is 0. The number of piperazine rings is 1. The number of nitrogens with one attached hydrogen (secondary N) is 3. The van der Waals surface area contributed by atoms with E-state index in [9.17, 15) is 24.0 Å². The second-order valence-electron chi connectivity index (χ2n) is 17.5. The molecule has 0 saturated carbocycles. The minimum absolute atomic E-state index is 0.0219. The summed E-state index contributed by atoms with van der Waals surface area (Å²) in [5, 5.41) is 8.51. The Morgan fingerprint density at radius 2 is 1.64 bits per heavy atom. The number of rotatable bonds is 11. The van der Waals surface area contributed by atoms with Crippen molar-refractivity contribution < 1.29 is 28.4 Å². The summed E-state index contributed by atoms with van der Waals surface area (Å²) in [4.78, 5) is 85.1. The van der Waals surface area contributed by atoms with Gasteiger partial charge in [-0.3, -0.25) is 49.0 Å². The number of imide groups is 2. The predicted molar refractivity (Wildman–Crippen MR) is 236 cm³/mol. The SMILES string of the molecule is Cc1ccc(NC(=O)c2ccc(CN3CCC(CN4CC5CC(C4)N5c4cc5c(cc4F)C(=O)N(C4CCC(=O)NC4=O)C5=O)CC3)cc2)cc1Nc1nccc(-c2cccnc2)n1. The molecule has 6 aliphatic rings. The number of amides is 5. The number of hydrogen-bond acceptors (Lipinski definition) is 12. The van der Waals surface area contributed by atoms with Gasteiger partial charge in [-0.05, 0) is 117 Å². The first-order chi connectivity index (χ1) is 31.0. The van der Waals surface area contributed by atoms with Crippen molar-refractivity contribution in [2.24, 2.45) is 5.92 Å². The van der Waals surface area contributed by atoms with E-state index in [-0.39, 0.29) is 42.0 Å². The van der Waals surface area contributed by atoms with Crippen molar-refractivity contribution >= 4 is 52.5 Å². The Bertz CT molecular complexity index is 2660. The Kier molecular flexibility index (Phi) is 10.9. The van der Waals surface area contributed by atoms with Gasteiger partial charge in [0.05, 0.1) is 22.5 Å². The summed E-state index contributed by atoms with van der Waals surface area (Å²) in [7, 11) is 0. The van der Waals surface area contributed by atoms with Gasteiger partial charge < -0.3 is 15.5 Å². The number of carbonyl (C=O) groups is 5. The molecule has 0 spiro atoms. The van der Waals surface area contributed by atoms with E-state index in [1.807, 2.05) is 67.6 Å². The lowest BCUT2D eigenvalue weighted by Gasteiger charge is -2.58. The fourth-order valence-electron chi connectivity index (χ4n) is 9.88. The lowest BCUT2D eigenvalue weighted by Crippen LogP contribution is -2.69. The topological polar surface area (TPSA) is 173 Å². The molecular weight excluding hydrogens is 816 g/mol. The molecule has 8 heterocycles. The van der Waals surface area contributed by atoms with Crippen molar-refractivity contribution in [3.05, 3.63) is 125 Å². The largest absolute Gasteiger partial charge is 0.360 e. The fourth-order valence-corrected chi connectivity index (χ4v) is 9.88. The van der Waals surface area contributed by atoms with Crippen LogP contribution in [0.15, 0.2) is 91.4 Å². The number of carbonyl (C=O) groups excluding carboxylic acids is 5. The van der Waals surface area contributed by atoms with Crippen LogP contribution in [-0.2, 0) is 16.1 Å². The fraction of sp³-hybridized carbons (Fsp3) is 0.333. The second-order valence-corrected chi connectivity index (χ2v) is 17.5. The van der Waals surface area contributed by atoms with E-state index in [2.05, 4.69) is 45.6 Å². The number of aryl methyl sites for hydroxylation is 1. The average Bonchev–Trinajstić information content (AvgIpc) is 3.53. The highest BCUT2D eigenvalue weighted by atomic mass is 19.1. The zero-order valence-electron chi connectivity index (χ0n) is 35.3. The highest BCUT2D eigenvalue weighted by Gasteiger charge is 2.49. The molecule has 5 amide bonds. The molecule has 2 bridgehead atoms. The van der Waals surface area contributed by atoms with Crippen LogP contribution in [0.5, 0.6) is 0 Å². The standard InChI is InChI=1S/C48H47FN10O5/c1-28-4-9-33(19-40(28)54-48-51-16-12-39(53-48)32-3-2-15-50-23-32)52-44(61)31-7-5-29(6-8-31)24-56-17-13-30(14-18-56)25-57-26-34-20-35(27-57)58(34)42-22-37-36(21-38(42)49)46(63)59(47(37)64)41-10-11-43(60)55-45(41)62/h2-9,12,15-16,19,21-23,30,34-35,41H,10-11,13-14,17-18,20,24-27H2,1H3,(H,52,61)(H,51,53,54)(H,55,60,62). The minimum Gasteiger partial charge on any atom is -0.360 e. The summed E-state index contributed by atoms with van der Waals surface area (Å²) in [6, 6.07) is 20.8. The van der Waals surface area contributed by atoms with E-state index in [4.69, 9.17) is 0 Å². The molecule has 2 aromatic heterocycles. The van der Waals surface area contributed by atoms with Crippen LogP contribution in [0.25, 0.3) is 11.3 Å². The minimum atomic E-state index is -1.09. The molecule has 0 aliphatic carbocycles. The molecule has 3 N–H and O–H groups in total. The molecule has 64 heavy (non-hydrogen) atoms. The summed E-state index contributed by atoms with van der Waals surface area (Å²) in [5.74, 6) is -2.24. The Morgan fingerprint density at radius 3 is 2.38 bits per heavy atom. The summed E-state index contributed by atoms with van der Waals surface area (Å²) in [6.07, 6.45) is 8.33. The molecule has 11 rings (SSSR count). The molecule has 5 aromatic rings. The summed E-state index contributed by atoms with van der Waals surface area (Å²) < 4.78 is 15.7. The molecule has 15 nitrogen and oxygen atoms in total. The van der Waals surface area contributed by atoms with E-state index in [1.165, 1.54) is 6.07 Å². The second kappa shape index (κ2) is 17.0. The van der Waals surface area contributed by atoms with Crippen molar-refractivity contribution in [2.75, 3.05) is 48.3 Å². The number of anilines is 4. The van der Waals surface area contributed by atoms with Gasteiger partial charge >= 0.3 is 0 Å². The number of aromatic nitrogens is 3. The van der Waals surface area contributed by atoms with Crippen LogP contribution in [-0.4, -0.2) is 110 Å². The van der Waals surface area contributed by atoms with Crippen molar-refractivity contribution in [1.29, 1.82) is 0 Å². The van der Waals surface area contributed by atoms with Crippen LogP contribution in [0.2, 0.25) is 0 Å². The van der Waals surface area contributed by atoms with E-state index in [0.29, 0.717) is 28.8 Å². The van der Waals surface area contributed by atoms with E-state index >= 15 is 4.39 Å². The highest BCUT2D eigenvalue weighted by molar-refractivity contribution is 6.23. The van der Waals surface area contributed by atoms with Gasteiger partial charge in [-0.25, -0.2) is 14.4 Å². The first kappa shape index (κ1) is 41.1. The maximum absolute atomic E-state index is 15.7. The van der Waals surface area contributed by atoms with Gasteiger partial charge in [-0.2, -0.15) is 0 Å². The molecule has 0 radical (unpaired) electrons. The number of nitrogens with zero attached hydrogens (tertiary/aromatic N) is 7. The van der Waals surface area contributed by atoms with Crippen LogP contribution in [0, 0.1) is 18.7 Å². The van der Waals surface area contributed by atoms with E-state index in [1.54, 1.807) is 18.6 Å². The summed E-state index contributed by atoms with van der Waals surface area (Å²) in [5.41, 5.74) is 6.14. The average molecular weight is 863 g/mol. The number of fused-ring (bicyclic) bond motifs is 3. The Balaban J connectivity index is 0.688. The third kappa shape index (κ3) is 8.10. The van der Waals surface area contributed by atoms with Gasteiger partial charge in [0.1, 0.15) is 11.9 Å². The smallest absolute Gasteiger partial charge is 0.262 e. The quantitative estimate of drug-likeness (QED) is 0.142. The van der Waals surface area contributed by atoms with E-state index in [0.717, 1.165) is 97.6 Å². The summed E-state index contributed by atoms with van der Waals surface area (Å²) in [6.45, 7) is 7.30. The molecule has 6 aliphatic heterocycles. The van der Waals surface area contributed by atoms with Crippen molar-refractivity contribution in [2.45, 2.75) is 63.7 Å². The molecule has 326 valence electrons. The van der Waals surface area contributed by atoms with E-state index < -0.39 is 35.5 Å². The number of piperidine rings is 3. The normalized spacial score (nSPS) is 21.4. The third-order valence-electron chi connectivity index (χ3n) is 13.3.